The van der Waals surface area contributed by atoms with E-state index in [2.05, 4.69) is 10.3 Å². The van der Waals surface area contributed by atoms with E-state index in [9.17, 15) is 18.0 Å². The maximum absolute atomic E-state index is 14.1. The molecule has 4 rings (SSSR count). The summed E-state index contributed by atoms with van der Waals surface area (Å²) in [6.07, 6.45) is 2.02. The van der Waals surface area contributed by atoms with Crippen LogP contribution in [-0.2, 0) is 0 Å². The number of rotatable bonds is 2. The van der Waals surface area contributed by atoms with Crippen LogP contribution in [0.4, 0.5) is 13.2 Å². The number of aryl methyl sites for hydroxylation is 1. The topological polar surface area (TPSA) is 44.9 Å². The Morgan fingerprint density at radius 1 is 1.29 bits per heavy atom. The number of fused-ring (bicyclic) bond motifs is 1. The number of carbonyl (C=O) groups is 1. The molecule has 0 bridgehead atoms. The van der Waals surface area contributed by atoms with E-state index in [1.165, 1.54) is 6.07 Å². The predicted octanol–water partition coefficient (Wildman–Crippen LogP) is 4.31. The van der Waals surface area contributed by atoms with Crippen LogP contribution in [0.5, 0.6) is 0 Å². The molecule has 1 spiro atoms. The minimum atomic E-state index is -2.52. The number of hydrogen-bond acceptors (Lipinski definition) is 1. The standard InChI is InChI=1S/C18H19F3N2O/c1-10-2-3-13-12(15(10)19)8-14(23-13)16(24)22-11-4-6-17(7-5-11)9-18(17,20)21/h2-3,8,11,23H,4-7,9H2,1H3,(H,22,24). The molecule has 0 saturated heterocycles. The first-order valence-corrected chi connectivity index (χ1v) is 8.28. The molecule has 1 amide bonds. The Hall–Kier alpha value is -1.98. The molecule has 2 saturated carbocycles. The lowest BCUT2D eigenvalue weighted by Gasteiger charge is -2.29. The van der Waals surface area contributed by atoms with Crippen LogP contribution < -0.4 is 5.32 Å². The summed E-state index contributed by atoms with van der Waals surface area (Å²) in [6, 6.07) is 4.81. The highest BCUT2D eigenvalue weighted by Gasteiger charge is 2.70. The van der Waals surface area contributed by atoms with Crippen molar-refractivity contribution in [2.75, 3.05) is 0 Å². The maximum Gasteiger partial charge on any atom is 0.267 e. The number of aromatic nitrogens is 1. The zero-order valence-corrected chi connectivity index (χ0v) is 13.4. The van der Waals surface area contributed by atoms with Crippen molar-refractivity contribution in [3.05, 3.63) is 35.3 Å². The first-order valence-electron chi connectivity index (χ1n) is 8.28. The molecule has 2 N–H and O–H groups in total. The molecule has 6 heteroatoms. The van der Waals surface area contributed by atoms with Gasteiger partial charge in [0.15, 0.2) is 0 Å². The number of nitrogens with one attached hydrogen (secondary N) is 2. The Labute approximate surface area is 137 Å². The second-order valence-electron chi connectivity index (χ2n) is 7.25. The highest BCUT2D eigenvalue weighted by Crippen LogP contribution is 2.67. The Bertz CT molecular complexity index is 819. The molecule has 2 fully saturated rings. The van der Waals surface area contributed by atoms with Crippen LogP contribution in [0.1, 0.15) is 48.2 Å². The van der Waals surface area contributed by atoms with Crippen LogP contribution in [0.3, 0.4) is 0 Å². The van der Waals surface area contributed by atoms with Crippen LogP contribution in [-0.4, -0.2) is 22.9 Å². The molecule has 3 nitrogen and oxygen atoms in total. The quantitative estimate of drug-likeness (QED) is 0.843. The molecular formula is C18H19F3N2O. The van der Waals surface area contributed by atoms with E-state index < -0.39 is 11.3 Å². The van der Waals surface area contributed by atoms with E-state index >= 15 is 0 Å². The van der Waals surface area contributed by atoms with E-state index in [0.29, 0.717) is 47.8 Å². The maximum atomic E-state index is 14.1. The lowest BCUT2D eigenvalue weighted by Crippen LogP contribution is -2.39. The molecule has 1 heterocycles. The van der Waals surface area contributed by atoms with Crippen molar-refractivity contribution in [1.29, 1.82) is 0 Å². The van der Waals surface area contributed by atoms with Crippen LogP contribution in [0.15, 0.2) is 18.2 Å². The Morgan fingerprint density at radius 3 is 2.58 bits per heavy atom. The van der Waals surface area contributed by atoms with Crippen molar-refractivity contribution < 1.29 is 18.0 Å². The highest BCUT2D eigenvalue weighted by atomic mass is 19.3. The molecule has 0 radical (unpaired) electrons. The first kappa shape index (κ1) is 15.5. The van der Waals surface area contributed by atoms with Crippen LogP contribution in [0.2, 0.25) is 0 Å². The molecule has 128 valence electrons. The van der Waals surface area contributed by atoms with Gasteiger partial charge in [0.05, 0.1) is 0 Å². The highest BCUT2D eigenvalue weighted by molar-refractivity contribution is 5.98. The summed E-state index contributed by atoms with van der Waals surface area (Å²) in [4.78, 5) is 15.3. The fourth-order valence-corrected chi connectivity index (χ4v) is 3.90. The molecular weight excluding hydrogens is 317 g/mol. The molecule has 1 aromatic carbocycles. The summed E-state index contributed by atoms with van der Waals surface area (Å²) in [5.74, 6) is -3.17. The number of aromatic amines is 1. The second-order valence-corrected chi connectivity index (χ2v) is 7.25. The van der Waals surface area contributed by atoms with Gasteiger partial charge in [-0.05, 0) is 50.3 Å². The number of carbonyl (C=O) groups excluding carboxylic acids is 1. The van der Waals surface area contributed by atoms with Gasteiger partial charge in [0.25, 0.3) is 11.8 Å². The third-order valence-electron chi connectivity index (χ3n) is 5.66. The van der Waals surface area contributed by atoms with Crippen LogP contribution in [0, 0.1) is 18.2 Å². The molecule has 2 aliphatic carbocycles. The zero-order valence-electron chi connectivity index (χ0n) is 13.4. The number of H-pyrrole nitrogens is 1. The number of halogens is 3. The Balaban J connectivity index is 1.45. The number of benzene rings is 1. The van der Waals surface area contributed by atoms with Gasteiger partial charge in [-0.3, -0.25) is 4.79 Å². The van der Waals surface area contributed by atoms with E-state index in [4.69, 9.17) is 0 Å². The lowest BCUT2D eigenvalue weighted by atomic mass is 9.83. The summed E-state index contributed by atoms with van der Waals surface area (Å²) < 4.78 is 40.9. The molecule has 0 unspecified atom stereocenters. The van der Waals surface area contributed by atoms with Gasteiger partial charge in [0.2, 0.25) is 0 Å². The van der Waals surface area contributed by atoms with Crippen molar-refractivity contribution in [2.24, 2.45) is 5.41 Å². The normalized spacial score (nSPS) is 28.2. The first-order chi connectivity index (χ1) is 11.3. The minimum absolute atomic E-state index is 0.0126. The fourth-order valence-electron chi connectivity index (χ4n) is 3.90. The third kappa shape index (κ3) is 2.31. The number of alkyl halides is 2. The van der Waals surface area contributed by atoms with Crippen LogP contribution >= 0.6 is 0 Å². The van der Waals surface area contributed by atoms with E-state index in [-0.39, 0.29) is 24.2 Å². The number of amides is 1. The van der Waals surface area contributed by atoms with E-state index in [1.54, 1.807) is 19.1 Å². The van der Waals surface area contributed by atoms with Gasteiger partial charge in [-0.1, -0.05) is 6.07 Å². The third-order valence-corrected chi connectivity index (χ3v) is 5.66. The van der Waals surface area contributed by atoms with Crippen molar-refractivity contribution in [3.63, 3.8) is 0 Å². The van der Waals surface area contributed by atoms with Crippen molar-refractivity contribution >= 4 is 16.8 Å². The lowest BCUT2D eigenvalue weighted by molar-refractivity contribution is 0.0435. The summed E-state index contributed by atoms with van der Waals surface area (Å²) in [5.41, 5.74) is 0.585. The predicted molar refractivity (Wildman–Crippen MR) is 84.7 cm³/mol. The largest absolute Gasteiger partial charge is 0.350 e. The van der Waals surface area contributed by atoms with Crippen molar-refractivity contribution in [2.45, 2.75) is 51.0 Å². The van der Waals surface area contributed by atoms with Gasteiger partial charge in [-0.25, -0.2) is 13.2 Å². The fraction of sp³-hybridized carbons (Fsp3) is 0.500. The van der Waals surface area contributed by atoms with Gasteiger partial charge in [-0.15, -0.1) is 0 Å². The van der Waals surface area contributed by atoms with E-state index in [1.807, 2.05) is 0 Å². The Kier molecular flexibility index (Phi) is 3.24. The second kappa shape index (κ2) is 5.01. The van der Waals surface area contributed by atoms with Gasteiger partial charge >= 0.3 is 0 Å². The summed E-state index contributed by atoms with van der Waals surface area (Å²) in [6.45, 7) is 1.67. The van der Waals surface area contributed by atoms with E-state index in [0.717, 1.165) is 0 Å². The SMILES string of the molecule is Cc1ccc2[nH]c(C(=O)NC3CCC4(CC3)CC4(F)F)cc2c1F. The van der Waals surface area contributed by atoms with Gasteiger partial charge in [0, 0.05) is 28.8 Å². The monoisotopic (exact) mass is 336 g/mol. The summed E-state index contributed by atoms with van der Waals surface area (Å²) >= 11 is 0. The van der Waals surface area contributed by atoms with Gasteiger partial charge in [-0.2, -0.15) is 0 Å². The van der Waals surface area contributed by atoms with Gasteiger partial charge in [0.1, 0.15) is 11.5 Å². The average molecular weight is 336 g/mol. The number of hydrogen-bond donors (Lipinski definition) is 2. The molecule has 24 heavy (non-hydrogen) atoms. The average Bonchev–Trinajstić information content (AvgIpc) is 2.89. The smallest absolute Gasteiger partial charge is 0.267 e. The molecule has 1 aromatic heterocycles. The van der Waals surface area contributed by atoms with Crippen molar-refractivity contribution in [3.8, 4) is 0 Å². The Morgan fingerprint density at radius 2 is 1.96 bits per heavy atom. The molecule has 2 aliphatic rings. The minimum Gasteiger partial charge on any atom is -0.350 e. The molecule has 0 aliphatic heterocycles. The zero-order chi connectivity index (χ0) is 17.1. The summed E-state index contributed by atoms with van der Waals surface area (Å²) in [5, 5.41) is 3.27. The molecule has 0 atom stereocenters. The van der Waals surface area contributed by atoms with Gasteiger partial charge < -0.3 is 10.3 Å². The van der Waals surface area contributed by atoms with Crippen molar-refractivity contribution in [1.82, 2.24) is 10.3 Å². The summed E-state index contributed by atoms with van der Waals surface area (Å²) in [7, 11) is 0. The molecule has 2 aromatic rings. The van der Waals surface area contributed by atoms with Crippen LogP contribution in [0.25, 0.3) is 10.9 Å².